The van der Waals surface area contributed by atoms with Gasteiger partial charge in [0.25, 0.3) is 5.91 Å². The molecule has 0 saturated heterocycles. The van der Waals surface area contributed by atoms with Gasteiger partial charge in [-0.15, -0.1) is 0 Å². The lowest BCUT2D eigenvalue weighted by Crippen LogP contribution is -2.49. The summed E-state index contributed by atoms with van der Waals surface area (Å²) in [6.45, 7) is 1.66. The summed E-state index contributed by atoms with van der Waals surface area (Å²) in [6.07, 6.45) is -5.71. The molecule has 29 heavy (non-hydrogen) atoms. The van der Waals surface area contributed by atoms with Gasteiger partial charge in [-0.05, 0) is 37.3 Å². The monoisotopic (exact) mass is 405 g/mol. The fourth-order valence-electron chi connectivity index (χ4n) is 2.63. The Morgan fingerprint density at radius 1 is 1.10 bits per heavy atom. The van der Waals surface area contributed by atoms with Gasteiger partial charge < -0.3 is 19.5 Å². The second-order valence-corrected chi connectivity index (χ2v) is 6.19. The molecule has 2 aromatic rings. The average Bonchev–Trinajstić information content (AvgIpc) is 2.69. The Bertz CT molecular complexity index is 933. The molecule has 0 aromatic heterocycles. The maximum absolute atomic E-state index is 12.7. The van der Waals surface area contributed by atoms with Crippen LogP contribution in [0.4, 0.5) is 13.2 Å². The van der Waals surface area contributed by atoms with E-state index in [2.05, 4.69) is 17.2 Å². The van der Waals surface area contributed by atoms with Crippen LogP contribution in [0.5, 0.6) is 17.2 Å². The number of para-hydroxylation sites is 2. The van der Waals surface area contributed by atoms with E-state index in [1.165, 1.54) is 12.1 Å². The van der Waals surface area contributed by atoms with Crippen LogP contribution < -0.4 is 19.5 Å². The number of ether oxygens (including phenoxy) is 3. The van der Waals surface area contributed by atoms with Gasteiger partial charge in [0.1, 0.15) is 18.5 Å². The van der Waals surface area contributed by atoms with Crippen LogP contribution in [0, 0.1) is 11.8 Å². The van der Waals surface area contributed by atoms with Crippen LogP contribution >= 0.6 is 0 Å². The number of hydrogen-bond acceptors (Lipinski definition) is 4. The highest BCUT2D eigenvalue weighted by molar-refractivity contribution is 5.82. The number of carbonyl (C=O) groups excluding carboxylic acids is 1. The second-order valence-electron chi connectivity index (χ2n) is 6.19. The van der Waals surface area contributed by atoms with Crippen LogP contribution in [0.1, 0.15) is 12.5 Å². The van der Waals surface area contributed by atoms with Gasteiger partial charge in [-0.3, -0.25) is 4.79 Å². The lowest BCUT2D eigenvalue weighted by atomic mass is 10.1. The molecule has 152 valence electrons. The fourth-order valence-corrected chi connectivity index (χ4v) is 2.63. The fraction of sp³-hybridized carbons (Fsp3) is 0.286. The van der Waals surface area contributed by atoms with E-state index in [0.29, 0.717) is 11.5 Å². The van der Waals surface area contributed by atoms with Gasteiger partial charge in [0, 0.05) is 0 Å². The molecule has 0 bridgehead atoms. The lowest BCUT2D eigenvalue weighted by molar-refractivity contribution is -0.137. The molecule has 1 heterocycles. The van der Waals surface area contributed by atoms with E-state index in [-0.39, 0.29) is 24.8 Å². The predicted molar refractivity (Wildman–Crippen MR) is 98.7 cm³/mol. The van der Waals surface area contributed by atoms with Gasteiger partial charge in [-0.2, -0.15) is 13.2 Å². The van der Waals surface area contributed by atoms with Crippen molar-refractivity contribution in [2.75, 3.05) is 13.2 Å². The van der Waals surface area contributed by atoms with Crippen LogP contribution in [-0.4, -0.2) is 31.3 Å². The largest absolute Gasteiger partial charge is 0.482 e. The van der Waals surface area contributed by atoms with Crippen molar-refractivity contribution in [3.63, 3.8) is 0 Å². The van der Waals surface area contributed by atoms with E-state index >= 15 is 0 Å². The molecule has 0 spiro atoms. The summed E-state index contributed by atoms with van der Waals surface area (Å²) >= 11 is 0. The summed E-state index contributed by atoms with van der Waals surface area (Å²) in [6, 6.07) is 11.6. The van der Waals surface area contributed by atoms with Crippen molar-refractivity contribution in [2.24, 2.45) is 0 Å². The van der Waals surface area contributed by atoms with Crippen LogP contribution in [0.15, 0.2) is 48.5 Å². The van der Waals surface area contributed by atoms with Crippen LogP contribution in [-0.2, 0) is 11.0 Å². The number of amides is 1. The molecule has 2 aromatic carbocycles. The minimum absolute atomic E-state index is 0.0407. The highest BCUT2D eigenvalue weighted by Crippen LogP contribution is 2.33. The zero-order valence-electron chi connectivity index (χ0n) is 15.5. The molecule has 5 nitrogen and oxygen atoms in total. The Kier molecular flexibility index (Phi) is 6.17. The third-order valence-electron chi connectivity index (χ3n) is 4.05. The topological polar surface area (TPSA) is 56.8 Å². The number of carbonyl (C=O) groups is 1. The third-order valence-corrected chi connectivity index (χ3v) is 4.05. The van der Waals surface area contributed by atoms with Crippen molar-refractivity contribution < 1.29 is 32.2 Å². The molecule has 1 aliphatic rings. The highest BCUT2D eigenvalue weighted by Gasteiger charge is 2.33. The SMILES string of the molecule is CC1Oc2ccccc2OC1C(=O)NCC#CCOc1cccc(C(F)(F)F)c1. The highest BCUT2D eigenvalue weighted by atomic mass is 19.4. The number of rotatable bonds is 4. The number of alkyl halides is 3. The van der Waals surface area contributed by atoms with Crippen molar-refractivity contribution in [3.8, 4) is 29.1 Å². The summed E-state index contributed by atoms with van der Waals surface area (Å²) < 4.78 is 54.5. The first-order valence-electron chi connectivity index (χ1n) is 8.80. The zero-order chi connectivity index (χ0) is 20.9. The molecule has 0 radical (unpaired) electrons. The van der Waals surface area contributed by atoms with Crippen LogP contribution in [0.2, 0.25) is 0 Å². The maximum Gasteiger partial charge on any atom is 0.416 e. The van der Waals surface area contributed by atoms with Crippen molar-refractivity contribution in [1.82, 2.24) is 5.32 Å². The van der Waals surface area contributed by atoms with Gasteiger partial charge in [-0.25, -0.2) is 0 Å². The van der Waals surface area contributed by atoms with Crippen molar-refractivity contribution in [1.29, 1.82) is 0 Å². The first-order chi connectivity index (χ1) is 13.8. The Labute approximate surface area is 165 Å². The van der Waals surface area contributed by atoms with E-state index < -0.39 is 23.9 Å². The van der Waals surface area contributed by atoms with Crippen molar-refractivity contribution >= 4 is 5.91 Å². The van der Waals surface area contributed by atoms with Crippen LogP contribution in [0.3, 0.4) is 0 Å². The molecular weight excluding hydrogens is 387 g/mol. The van der Waals surface area contributed by atoms with Crippen molar-refractivity contribution in [3.05, 3.63) is 54.1 Å². The number of benzene rings is 2. The molecule has 2 unspecified atom stereocenters. The average molecular weight is 405 g/mol. The lowest BCUT2D eigenvalue weighted by Gasteiger charge is -2.30. The zero-order valence-corrected chi connectivity index (χ0v) is 15.5. The van der Waals surface area contributed by atoms with E-state index in [0.717, 1.165) is 12.1 Å². The smallest absolute Gasteiger partial charge is 0.416 e. The van der Waals surface area contributed by atoms with Gasteiger partial charge >= 0.3 is 6.18 Å². The molecule has 1 N–H and O–H groups in total. The molecule has 2 atom stereocenters. The quantitative estimate of drug-likeness (QED) is 0.792. The van der Waals surface area contributed by atoms with Crippen LogP contribution in [0.25, 0.3) is 0 Å². The third kappa shape index (κ3) is 5.35. The predicted octanol–water partition coefficient (Wildman–Crippen LogP) is 3.43. The van der Waals surface area contributed by atoms with E-state index in [4.69, 9.17) is 14.2 Å². The van der Waals surface area contributed by atoms with E-state index in [1.54, 1.807) is 25.1 Å². The Balaban J connectivity index is 1.45. The summed E-state index contributed by atoms with van der Waals surface area (Å²) in [5, 5.41) is 2.62. The molecule has 1 amide bonds. The Hall–Kier alpha value is -3.34. The Morgan fingerprint density at radius 3 is 2.55 bits per heavy atom. The molecule has 8 heteroatoms. The summed E-state index contributed by atoms with van der Waals surface area (Å²) in [5.74, 6) is 6.08. The number of halogens is 3. The van der Waals surface area contributed by atoms with Gasteiger partial charge in [0.05, 0.1) is 12.1 Å². The first-order valence-corrected chi connectivity index (χ1v) is 8.80. The number of nitrogens with one attached hydrogen (secondary N) is 1. The molecular formula is C21H18F3NO4. The second kappa shape index (κ2) is 8.78. The van der Waals surface area contributed by atoms with Gasteiger partial charge in [-0.1, -0.05) is 30.0 Å². The first kappa shape index (κ1) is 20.4. The van der Waals surface area contributed by atoms with Gasteiger partial charge in [0.2, 0.25) is 6.10 Å². The van der Waals surface area contributed by atoms with Crippen molar-refractivity contribution in [2.45, 2.75) is 25.3 Å². The normalized spacial score (nSPS) is 17.7. The molecule has 0 saturated carbocycles. The number of hydrogen-bond donors (Lipinski definition) is 1. The number of fused-ring (bicyclic) bond motifs is 1. The van der Waals surface area contributed by atoms with Gasteiger partial charge in [0.15, 0.2) is 11.5 Å². The van der Waals surface area contributed by atoms with E-state index in [1.807, 2.05) is 6.07 Å². The Morgan fingerprint density at radius 2 is 1.83 bits per heavy atom. The summed E-state index contributed by atoms with van der Waals surface area (Å²) in [4.78, 5) is 12.3. The molecule has 0 fully saturated rings. The van der Waals surface area contributed by atoms with E-state index in [9.17, 15) is 18.0 Å². The summed E-state index contributed by atoms with van der Waals surface area (Å²) in [5.41, 5.74) is -0.791. The molecule has 3 rings (SSSR count). The maximum atomic E-state index is 12.7. The molecule has 0 aliphatic carbocycles. The standard InChI is InChI=1S/C21H18F3NO4/c1-14-19(29-18-10-3-2-9-17(18)28-14)20(26)25-11-4-5-12-27-16-8-6-7-15(13-16)21(22,23)24/h2-3,6-10,13-14,19H,11-12H2,1H3,(H,25,26). The molecule has 1 aliphatic heterocycles. The minimum atomic E-state index is -4.43. The minimum Gasteiger partial charge on any atom is -0.482 e. The summed E-state index contributed by atoms with van der Waals surface area (Å²) in [7, 11) is 0.